The first kappa shape index (κ1) is 18.5. The number of aliphatic imine (C=N–C) groups is 1. The van der Waals surface area contributed by atoms with Gasteiger partial charge in [0.25, 0.3) is 11.8 Å². The highest BCUT2D eigenvalue weighted by Gasteiger charge is 2.61. The fourth-order valence-corrected chi connectivity index (χ4v) is 4.73. The first-order chi connectivity index (χ1) is 14.4. The van der Waals surface area contributed by atoms with Gasteiger partial charge in [0.1, 0.15) is 5.41 Å². The van der Waals surface area contributed by atoms with Gasteiger partial charge in [-0.2, -0.15) is 0 Å². The number of fused-ring (bicyclic) bond motifs is 4. The molecular formula is C26H22N2O2. The van der Waals surface area contributed by atoms with Crippen molar-refractivity contribution in [1.82, 2.24) is 0 Å². The largest absolute Gasteiger partial charge is 0.272 e. The van der Waals surface area contributed by atoms with Gasteiger partial charge in [-0.05, 0) is 24.3 Å². The minimum absolute atomic E-state index is 0.254. The van der Waals surface area contributed by atoms with Crippen LogP contribution in [0.1, 0.15) is 42.3 Å². The monoisotopic (exact) mass is 394 g/mol. The summed E-state index contributed by atoms with van der Waals surface area (Å²) in [4.78, 5) is 34.0. The maximum atomic E-state index is 14.2. The zero-order valence-electron chi connectivity index (χ0n) is 17.2. The van der Waals surface area contributed by atoms with E-state index >= 15 is 0 Å². The molecule has 1 atom stereocenters. The van der Waals surface area contributed by atoms with Crippen molar-refractivity contribution in [3.05, 3.63) is 95.6 Å². The maximum absolute atomic E-state index is 14.2. The van der Waals surface area contributed by atoms with Crippen molar-refractivity contribution < 1.29 is 9.59 Å². The van der Waals surface area contributed by atoms with Crippen LogP contribution in [0.25, 0.3) is 0 Å². The third kappa shape index (κ3) is 2.31. The molecule has 3 aromatic rings. The number of imide groups is 1. The fourth-order valence-electron chi connectivity index (χ4n) is 4.73. The van der Waals surface area contributed by atoms with Crippen LogP contribution < -0.4 is 4.90 Å². The fraction of sp³-hybridized carbons (Fsp3) is 0.192. The number of anilines is 1. The molecule has 4 heteroatoms. The number of rotatable bonds is 1. The van der Waals surface area contributed by atoms with E-state index in [-0.39, 0.29) is 17.2 Å². The molecule has 1 unspecified atom stereocenters. The Morgan fingerprint density at radius 3 is 2.13 bits per heavy atom. The van der Waals surface area contributed by atoms with Crippen molar-refractivity contribution in [2.24, 2.45) is 10.4 Å². The van der Waals surface area contributed by atoms with Crippen LogP contribution >= 0.6 is 0 Å². The van der Waals surface area contributed by atoms with Gasteiger partial charge >= 0.3 is 0 Å². The van der Waals surface area contributed by atoms with Crippen LogP contribution in [0.4, 0.5) is 11.4 Å². The maximum Gasteiger partial charge on any atom is 0.265 e. The lowest BCUT2D eigenvalue weighted by Gasteiger charge is -2.33. The van der Waals surface area contributed by atoms with Crippen molar-refractivity contribution >= 4 is 28.9 Å². The van der Waals surface area contributed by atoms with Crippen LogP contribution in [0.3, 0.4) is 0 Å². The van der Waals surface area contributed by atoms with Gasteiger partial charge in [-0.15, -0.1) is 0 Å². The molecule has 4 nitrogen and oxygen atoms in total. The molecule has 2 aliphatic heterocycles. The van der Waals surface area contributed by atoms with Crippen molar-refractivity contribution in [1.29, 1.82) is 0 Å². The number of nitrogens with zero attached hydrogens (tertiary/aromatic N) is 2. The van der Waals surface area contributed by atoms with Crippen molar-refractivity contribution in [3.63, 3.8) is 0 Å². The Kier molecular flexibility index (Phi) is 3.84. The second kappa shape index (κ2) is 6.23. The first-order valence-electron chi connectivity index (χ1n) is 10.1. The lowest BCUT2D eigenvalue weighted by Crippen LogP contribution is -2.50. The Bertz CT molecular complexity index is 1220. The van der Waals surface area contributed by atoms with E-state index in [1.54, 1.807) is 12.1 Å². The highest BCUT2D eigenvalue weighted by atomic mass is 16.2. The molecule has 30 heavy (non-hydrogen) atoms. The molecule has 148 valence electrons. The zero-order chi connectivity index (χ0) is 21.1. The minimum Gasteiger partial charge on any atom is -0.272 e. The number of carbonyl (C=O) groups excluding carboxylic acids is 2. The normalized spacial score (nSPS) is 19.6. The van der Waals surface area contributed by atoms with Crippen LogP contribution in [0.5, 0.6) is 0 Å². The van der Waals surface area contributed by atoms with Crippen molar-refractivity contribution in [2.45, 2.75) is 26.2 Å². The van der Waals surface area contributed by atoms with Gasteiger partial charge in [0.15, 0.2) is 0 Å². The molecule has 1 spiro atoms. The van der Waals surface area contributed by atoms with E-state index in [1.165, 1.54) is 4.90 Å². The highest BCUT2D eigenvalue weighted by molar-refractivity contribution is 6.37. The number of benzene rings is 3. The van der Waals surface area contributed by atoms with E-state index in [9.17, 15) is 9.59 Å². The Hall–Kier alpha value is -3.53. The summed E-state index contributed by atoms with van der Waals surface area (Å²) in [5.74, 6) is -0.571. The summed E-state index contributed by atoms with van der Waals surface area (Å²) in [7, 11) is 0. The second-order valence-corrected chi connectivity index (χ2v) is 8.81. The average molecular weight is 394 g/mol. The topological polar surface area (TPSA) is 49.7 Å². The van der Waals surface area contributed by atoms with E-state index in [0.717, 1.165) is 22.5 Å². The molecule has 0 fully saturated rings. The lowest BCUT2D eigenvalue weighted by atomic mass is 9.66. The minimum atomic E-state index is -1.09. The van der Waals surface area contributed by atoms with Gasteiger partial charge < -0.3 is 0 Å². The number of hydrogen-bond acceptors (Lipinski definition) is 3. The molecule has 2 amide bonds. The molecule has 0 aliphatic carbocycles. The van der Waals surface area contributed by atoms with Gasteiger partial charge in [-0.25, -0.2) is 4.90 Å². The SMILES string of the molecule is CC(C)(C)C1=Nc2ccccc2C12C(=O)N(C(=O)c1ccccc1)c1ccccc12. The molecule has 3 aromatic carbocycles. The second-order valence-electron chi connectivity index (χ2n) is 8.81. The molecule has 0 radical (unpaired) electrons. The summed E-state index contributed by atoms with van der Waals surface area (Å²) in [5, 5.41) is 0. The molecule has 0 aromatic heterocycles. The van der Waals surface area contributed by atoms with E-state index in [2.05, 4.69) is 20.8 Å². The van der Waals surface area contributed by atoms with Crippen LogP contribution in [-0.2, 0) is 10.2 Å². The molecular weight excluding hydrogens is 372 g/mol. The molecule has 0 N–H and O–H groups in total. The number of carbonyl (C=O) groups is 2. The summed E-state index contributed by atoms with van der Waals surface area (Å²) in [6, 6.07) is 24.3. The van der Waals surface area contributed by atoms with Gasteiger partial charge in [0.05, 0.1) is 11.4 Å². The molecule has 0 saturated heterocycles. The van der Waals surface area contributed by atoms with Gasteiger partial charge in [0.2, 0.25) is 0 Å². The van der Waals surface area contributed by atoms with Gasteiger partial charge in [-0.3, -0.25) is 14.6 Å². The first-order valence-corrected chi connectivity index (χ1v) is 10.1. The summed E-state index contributed by atoms with van der Waals surface area (Å²) < 4.78 is 0. The number of hydrogen-bond donors (Lipinski definition) is 0. The van der Waals surface area contributed by atoms with Crippen LogP contribution in [0.2, 0.25) is 0 Å². The predicted molar refractivity (Wildman–Crippen MR) is 118 cm³/mol. The Balaban J connectivity index is 1.81. The smallest absolute Gasteiger partial charge is 0.265 e. The van der Waals surface area contributed by atoms with Crippen LogP contribution in [0.15, 0.2) is 83.9 Å². The van der Waals surface area contributed by atoms with Gasteiger partial charge in [0, 0.05) is 27.8 Å². The summed E-state index contributed by atoms with van der Waals surface area (Å²) in [6.07, 6.45) is 0. The summed E-state index contributed by atoms with van der Waals surface area (Å²) in [5.41, 5.74) is 2.89. The Morgan fingerprint density at radius 1 is 0.833 bits per heavy atom. The predicted octanol–water partition coefficient (Wildman–Crippen LogP) is 5.29. The van der Waals surface area contributed by atoms with Crippen LogP contribution in [0, 0.1) is 5.41 Å². The van der Waals surface area contributed by atoms with E-state index < -0.39 is 5.41 Å². The quantitative estimate of drug-likeness (QED) is 0.527. The highest BCUT2D eigenvalue weighted by Crippen LogP contribution is 2.56. The zero-order valence-corrected chi connectivity index (χ0v) is 17.2. The Labute approximate surface area is 175 Å². The molecule has 2 heterocycles. The number of para-hydroxylation sites is 2. The van der Waals surface area contributed by atoms with E-state index in [0.29, 0.717) is 11.3 Å². The standard InChI is InChI=1S/C26H22N2O2/c1-25(2,3)23-26(18-13-7-9-15-20(18)27-23)19-14-8-10-16-21(19)28(24(26)30)22(29)17-11-5-4-6-12-17/h4-16H,1-3H3. The molecule has 5 rings (SSSR count). The Morgan fingerprint density at radius 2 is 1.43 bits per heavy atom. The van der Waals surface area contributed by atoms with E-state index in [4.69, 9.17) is 4.99 Å². The van der Waals surface area contributed by atoms with E-state index in [1.807, 2.05) is 66.7 Å². The molecule has 2 aliphatic rings. The van der Waals surface area contributed by atoms with Crippen LogP contribution in [-0.4, -0.2) is 17.5 Å². The van der Waals surface area contributed by atoms with Crippen molar-refractivity contribution in [2.75, 3.05) is 4.90 Å². The lowest BCUT2D eigenvalue weighted by molar-refractivity contribution is -0.119. The summed E-state index contributed by atoms with van der Waals surface area (Å²) in [6.45, 7) is 6.20. The van der Waals surface area contributed by atoms with Gasteiger partial charge in [-0.1, -0.05) is 75.4 Å². The summed E-state index contributed by atoms with van der Waals surface area (Å²) >= 11 is 0. The third-order valence-electron chi connectivity index (χ3n) is 5.90. The van der Waals surface area contributed by atoms with Crippen molar-refractivity contribution in [3.8, 4) is 0 Å². The molecule has 0 saturated carbocycles. The average Bonchev–Trinajstić information content (AvgIpc) is 3.23. The molecule has 0 bridgehead atoms. The third-order valence-corrected chi connectivity index (χ3v) is 5.90. The number of amides is 2.